The number of hydrogen-bond acceptors (Lipinski definition) is 2. The highest BCUT2D eigenvalue weighted by molar-refractivity contribution is 6.31. The van der Waals surface area contributed by atoms with E-state index in [-0.39, 0.29) is 6.03 Å². The molecule has 4 N–H and O–H groups in total. The minimum Gasteiger partial charge on any atom is -0.366 e. The second-order valence-corrected chi connectivity index (χ2v) is 4.36. The van der Waals surface area contributed by atoms with Gasteiger partial charge in [-0.3, -0.25) is 4.79 Å². The van der Waals surface area contributed by atoms with Gasteiger partial charge in [-0.05, 0) is 18.6 Å². The Balaban J connectivity index is 2.54. The predicted octanol–water partition coefficient (Wildman–Crippen LogP) is 1.45. The smallest absolute Gasteiger partial charge is 0.319 e. The summed E-state index contributed by atoms with van der Waals surface area (Å²) < 4.78 is 0. The van der Waals surface area contributed by atoms with E-state index in [1.807, 2.05) is 0 Å². The van der Waals surface area contributed by atoms with E-state index in [0.717, 1.165) is 0 Å². The quantitative estimate of drug-likeness (QED) is 0.756. The fourth-order valence-corrected chi connectivity index (χ4v) is 2.21. The molecule has 94 valence electrons. The Morgan fingerprint density at radius 1 is 1.39 bits per heavy atom. The summed E-state index contributed by atoms with van der Waals surface area (Å²) in [5.74, 6) is -0.593. The van der Waals surface area contributed by atoms with Gasteiger partial charge in [0, 0.05) is 10.7 Å². The number of amides is 3. The molecule has 18 heavy (non-hydrogen) atoms. The van der Waals surface area contributed by atoms with Gasteiger partial charge in [0.2, 0.25) is 5.91 Å². The Hall–Kier alpha value is -2.01. The van der Waals surface area contributed by atoms with Crippen molar-refractivity contribution >= 4 is 23.5 Å². The zero-order chi connectivity index (χ0) is 13.3. The summed E-state index contributed by atoms with van der Waals surface area (Å²) in [6.07, 6.45) is 0. The molecule has 1 aromatic carbocycles. The van der Waals surface area contributed by atoms with Crippen LogP contribution >= 0.6 is 11.6 Å². The molecule has 0 aromatic heterocycles. The van der Waals surface area contributed by atoms with Crippen LogP contribution in [0.1, 0.15) is 18.5 Å². The molecule has 0 saturated carbocycles. The molecule has 5 nitrogen and oxygen atoms in total. The first-order chi connectivity index (χ1) is 8.50. The lowest BCUT2D eigenvalue weighted by atomic mass is 9.95. The number of halogens is 1. The summed E-state index contributed by atoms with van der Waals surface area (Å²) in [6.45, 7) is 1.63. The van der Waals surface area contributed by atoms with Crippen LogP contribution in [0.4, 0.5) is 4.79 Å². The summed E-state index contributed by atoms with van der Waals surface area (Å²) in [4.78, 5) is 23.0. The topological polar surface area (TPSA) is 84.2 Å². The van der Waals surface area contributed by atoms with E-state index in [2.05, 4.69) is 10.6 Å². The molecule has 0 fully saturated rings. The first-order valence-corrected chi connectivity index (χ1v) is 5.71. The zero-order valence-corrected chi connectivity index (χ0v) is 10.4. The maximum absolute atomic E-state index is 11.5. The molecule has 0 aliphatic carbocycles. The van der Waals surface area contributed by atoms with Gasteiger partial charge in [-0.1, -0.05) is 29.8 Å². The van der Waals surface area contributed by atoms with Crippen molar-refractivity contribution in [2.75, 3.05) is 0 Å². The van der Waals surface area contributed by atoms with Crippen molar-refractivity contribution in [2.24, 2.45) is 5.73 Å². The molecular weight excluding hydrogens is 254 g/mol. The number of carbonyl (C=O) groups is 2. The lowest BCUT2D eigenvalue weighted by Gasteiger charge is -2.28. The van der Waals surface area contributed by atoms with E-state index in [1.165, 1.54) is 0 Å². The molecule has 1 heterocycles. The summed E-state index contributed by atoms with van der Waals surface area (Å²) in [5.41, 5.74) is 6.74. The summed E-state index contributed by atoms with van der Waals surface area (Å²) in [7, 11) is 0. The van der Waals surface area contributed by atoms with Crippen LogP contribution in [0.3, 0.4) is 0 Å². The number of hydrogen-bond donors (Lipinski definition) is 3. The van der Waals surface area contributed by atoms with E-state index in [4.69, 9.17) is 17.3 Å². The molecule has 0 radical (unpaired) electrons. The highest BCUT2D eigenvalue weighted by atomic mass is 35.5. The van der Waals surface area contributed by atoms with Crippen molar-refractivity contribution in [3.63, 3.8) is 0 Å². The summed E-state index contributed by atoms with van der Waals surface area (Å²) >= 11 is 6.08. The van der Waals surface area contributed by atoms with E-state index in [0.29, 0.717) is 21.9 Å². The highest BCUT2D eigenvalue weighted by Gasteiger charge is 2.30. The third kappa shape index (κ3) is 2.17. The molecule has 1 aromatic rings. The highest BCUT2D eigenvalue weighted by Crippen LogP contribution is 2.30. The second kappa shape index (κ2) is 4.70. The Morgan fingerprint density at radius 3 is 2.67 bits per heavy atom. The average molecular weight is 266 g/mol. The van der Waals surface area contributed by atoms with Gasteiger partial charge in [-0.25, -0.2) is 4.79 Å². The van der Waals surface area contributed by atoms with E-state index >= 15 is 0 Å². The Morgan fingerprint density at radius 2 is 2.06 bits per heavy atom. The van der Waals surface area contributed by atoms with E-state index in [1.54, 1.807) is 31.2 Å². The average Bonchev–Trinajstić information content (AvgIpc) is 2.27. The first-order valence-electron chi connectivity index (χ1n) is 5.33. The third-order valence-corrected chi connectivity index (χ3v) is 3.10. The molecule has 0 saturated heterocycles. The van der Waals surface area contributed by atoms with Gasteiger partial charge >= 0.3 is 6.03 Å². The Bertz CT molecular complexity index is 554. The number of urea groups is 1. The zero-order valence-electron chi connectivity index (χ0n) is 9.66. The number of nitrogens with two attached hydrogens (primary N) is 1. The van der Waals surface area contributed by atoms with Crippen LogP contribution in [0.5, 0.6) is 0 Å². The van der Waals surface area contributed by atoms with Crippen LogP contribution in [-0.2, 0) is 4.79 Å². The molecular formula is C12H12ClN3O2. The van der Waals surface area contributed by atoms with Crippen molar-refractivity contribution in [1.82, 2.24) is 10.6 Å². The number of carbonyl (C=O) groups excluding carboxylic acids is 2. The Kier molecular flexibility index (Phi) is 3.25. The van der Waals surface area contributed by atoms with Gasteiger partial charge in [0.05, 0.1) is 11.6 Å². The van der Waals surface area contributed by atoms with Crippen LogP contribution < -0.4 is 16.4 Å². The second-order valence-electron chi connectivity index (χ2n) is 3.96. The number of allylic oxidation sites excluding steroid dienone is 1. The van der Waals surface area contributed by atoms with Gasteiger partial charge < -0.3 is 16.4 Å². The summed E-state index contributed by atoms with van der Waals surface area (Å²) in [5, 5.41) is 5.63. The lowest BCUT2D eigenvalue weighted by Crippen LogP contribution is -2.46. The number of nitrogens with one attached hydrogen (secondary N) is 2. The molecule has 1 atom stereocenters. The number of benzene rings is 1. The van der Waals surface area contributed by atoms with Crippen molar-refractivity contribution in [1.29, 1.82) is 0 Å². The summed E-state index contributed by atoms with van der Waals surface area (Å²) in [6, 6.07) is 5.99. The fourth-order valence-electron chi connectivity index (χ4n) is 1.96. The minimum absolute atomic E-state index is 0.308. The van der Waals surface area contributed by atoms with E-state index < -0.39 is 11.9 Å². The van der Waals surface area contributed by atoms with Crippen molar-refractivity contribution in [3.8, 4) is 0 Å². The van der Waals surface area contributed by atoms with Gasteiger partial charge in [0.1, 0.15) is 0 Å². The largest absolute Gasteiger partial charge is 0.366 e. The van der Waals surface area contributed by atoms with Gasteiger partial charge in [0.15, 0.2) is 0 Å². The van der Waals surface area contributed by atoms with Crippen molar-refractivity contribution in [3.05, 3.63) is 46.1 Å². The standard InChI is InChI=1S/C12H12ClN3O2/c1-6-9(11(14)17)10(16-12(18)15-6)7-4-2-3-5-8(7)13/h2-5,10H,1H3,(H2,14,17)(H2,15,16,18)/t10-/m1/s1. The molecule has 1 aliphatic heterocycles. The molecule has 0 spiro atoms. The molecule has 6 heteroatoms. The normalized spacial score (nSPS) is 19.2. The first kappa shape index (κ1) is 12.4. The van der Waals surface area contributed by atoms with E-state index in [9.17, 15) is 9.59 Å². The van der Waals surface area contributed by atoms with Crippen molar-refractivity contribution in [2.45, 2.75) is 13.0 Å². The fraction of sp³-hybridized carbons (Fsp3) is 0.167. The molecule has 0 bridgehead atoms. The van der Waals surface area contributed by atoms with Crippen LogP contribution in [-0.4, -0.2) is 11.9 Å². The van der Waals surface area contributed by atoms with Crippen LogP contribution in [0.15, 0.2) is 35.5 Å². The molecule has 1 aliphatic rings. The maximum atomic E-state index is 11.5. The van der Waals surface area contributed by atoms with Crippen LogP contribution in [0, 0.1) is 0 Å². The minimum atomic E-state index is -0.620. The van der Waals surface area contributed by atoms with Gasteiger partial charge in [-0.15, -0.1) is 0 Å². The SMILES string of the molecule is CC1=C(C(N)=O)[C@@H](c2ccccc2Cl)NC(=O)N1. The van der Waals surface area contributed by atoms with Gasteiger partial charge in [0.25, 0.3) is 0 Å². The van der Waals surface area contributed by atoms with Gasteiger partial charge in [-0.2, -0.15) is 0 Å². The number of rotatable bonds is 2. The molecule has 2 rings (SSSR count). The van der Waals surface area contributed by atoms with Crippen LogP contribution in [0.25, 0.3) is 0 Å². The Labute approximate surface area is 109 Å². The molecule has 3 amide bonds. The predicted molar refractivity (Wildman–Crippen MR) is 67.8 cm³/mol. The maximum Gasteiger partial charge on any atom is 0.319 e. The molecule has 0 unspecified atom stereocenters. The van der Waals surface area contributed by atoms with Crippen molar-refractivity contribution < 1.29 is 9.59 Å². The lowest BCUT2D eigenvalue weighted by molar-refractivity contribution is -0.115. The number of primary amides is 1. The van der Waals surface area contributed by atoms with Crippen LogP contribution in [0.2, 0.25) is 5.02 Å². The monoisotopic (exact) mass is 265 g/mol. The third-order valence-electron chi connectivity index (χ3n) is 2.75.